The molecule has 1 aromatic heterocycles. The molecule has 2 unspecified atom stereocenters. The SMILES string of the molecule is CCOC(=O)N1CCN(C(=O)C(CF)NC(=O)c2cc(OCC(=O)N3CCCC3C(=O)NC3CCC3)n(-c3ccccc3)n2)CC1. The number of para-hydroxylation sites is 1. The Morgan fingerprint density at radius 1 is 0.978 bits per heavy atom. The quantitative estimate of drug-likeness (QED) is 0.372. The molecule has 5 amide bonds. The van der Waals surface area contributed by atoms with Crippen LogP contribution in [-0.2, 0) is 19.1 Å². The Balaban J connectivity index is 1.23. The minimum Gasteiger partial charge on any atom is -0.467 e. The van der Waals surface area contributed by atoms with Crippen LogP contribution in [-0.4, -0.2) is 125 Å². The average Bonchev–Trinajstić information content (AvgIpc) is 3.73. The van der Waals surface area contributed by atoms with Crippen LogP contribution in [0, 0.1) is 0 Å². The van der Waals surface area contributed by atoms with Crippen molar-refractivity contribution in [2.75, 3.05) is 52.6 Å². The molecule has 3 fully saturated rings. The highest BCUT2D eigenvalue weighted by Gasteiger charge is 2.36. The maximum atomic E-state index is 14.1. The smallest absolute Gasteiger partial charge is 0.409 e. The van der Waals surface area contributed by atoms with E-state index in [1.165, 1.54) is 25.4 Å². The molecule has 1 aromatic carbocycles. The van der Waals surface area contributed by atoms with Crippen LogP contribution in [0.4, 0.5) is 9.18 Å². The third kappa shape index (κ3) is 7.57. The summed E-state index contributed by atoms with van der Waals surface area (Å²) >= 11 is 0. The van der Waals surface area contributed by atoms with Crippen molar-refractivity contribution >= 4 is 29.7 Å². The van der Waals surface area contributed by atoms with Gasteiger partial charge in [0.1, 0.15) is 18.8 Å². The molecule has 2 aromatic rings. The Morgan fingerprint density at radius 2 is 1.70 bits per heavy atom. The lowest BCUT2D eigenvalue weighted by Crippen LogP contribution is -2.56. The number of carbonyl (C=O) groups excluding carboxylic acids is 5. The number of hydrogen-bond acceptors (Lipinski definition) is 8. The standard InChI is InChI=1S/C31H40FN7O7/c1-2-45-31(44)37-16-14-36(15-17-37)30(43)24(19-32)34-28(41)23-18-27(39(35-23)22-10-4-3-5-11-22)46-20-26(40)38-13-7-12-25(38)29(42)33-21-8-6-9-21/h3-5,10-11,18,21,24-25H,2,6-9,12-17,19-20H2,1H3,(H,33,42)(H,34,41). The number of carbonyl (C=O) groups is 5. The first kappa shape index (κ1) is 32.7. The van der Waals surface area contributed by atoms with Crippen LogP contribution in [0.2, 0.25) is 0 Å². The molecule has 15 heteroatoms. The second-order valence-electron chi connectivity index (χ2n) is 11.5. The highest BCUT2D eigenvalue weighted by molar-refractivity contribution is 5.96. The third-order valence-electron chi connectivity index (χ3n) is 8.46. The minimum atomic E-state index is -1.47. The Labute approximate surface area is 266 Å². The Bertz CT molecular complexity index is 1410. The van der Waals surface area contributed by atoms with Crippen LogP contribution in [0.15, 0.2) is 36.4 Å². The van der Waals surface area contributed by atoms with Crippen LogP contribution in [0.3, 0.4) is 0 Å². The van der Waals surface area contributed by atoms with E-state index in [2.05, 4.69) is 15.7 Å². The summed E-state index contributed by atoms with van der Waals surface area (Å²) in [6.07, 6.45) is 3.78. The highest BCUT2D eigenvalue weighted by Crippen LogP contribution is 2.23. The Kier molecular flexibility index (Phi) is 10.7. The van der Waals surface area contributed by atoms with Gasteiger partial charge in [-0.15, -0.1) is 0 Å². The van der Waals surface area contributed by atoms with Crippen LogP contribution in [0.5, 0.6) is 5.88 Å². The lowest BCUT2D eigenvalue weighted by molar-refractivity contribution is -0.140. The number of alkyl halides is 1. The molecule has 2 N–H and O–H groups in total. The van der Waals surface area contributed by atoms with E-state index >= 15 is 0 Å². The molecule has 3 heterocycles. The van der Waals surface area contributed by atoms with Gasteiger partial charge in [-0.3, -0.25) is 19.2 Å². The lowest BCUT2D eigenvalue weighted by Gasteiger charge is -2.35. The van der Waals surface area contributed by atoms with Gasteiger partial charge in [0, 0.05) is 44.8 Å². The van der Waals surface area contributed by atoms with E-state index in [-0.39, 0.29) is 62.2 Å². The van der Waals surface area contributed by atoms with Crippen molar-refractivity contribution < 1.29 is 37.8 Å². The Hall–Kier alpha value is -4.69. The minimum absolute atomic E-state index is 0.0811. The summed E-state index contributed by atoms with van der Waals surface area (Å²) in [5, 5.41) is 9.77. The van der Waals surface area contributed by atoms with Crippen molar-refractivity contribution in [2.45, 2.75) is 57.2 Å². The third-order valence-corrected chi connectivity index (χ3v) is 8.46. The molecule has 46 heavy (non-hydrogen) atoms. The molecule has 2 aliphatic heterocycles. The number of likely N-dealkylation sites (tertiary alicyclic amines) is 1. The first-order valence-electron chi connectivity index (χ1n) is 15.7. The van der Waals surface area contributed by atoms with Gasteiger partial charge in [0.15, 0.2) is 12.3 Å². The summed E-state index contributed by atoms with van der Waals surface area (Å²) in [4.78, 5) is 68.6. The average molecular weight is 642 g/mol. The molecule has 1 aliphatic carbocycles. The summed E-state index contributed by atoms with van der Waals surface area (Å²) in [6, 6.07) is 8.26. The molecular weight excluding hydrogens is 601 g/mol. The van der Waals surface area contributed by atoms with Gasteiger partial charge >= 0.3 is 6.09 Å². The van der Waals surface area contributed by atoms with Crippen molar-refractivity contribution in [3.05, 3.63) is 42.1 Å². The molecule has 3 aliphatic rings. The van der Waals surface area contributed by atoms with E-state index in [4.69, 9.17) is 9.47 Å². The van der Waals surface area contributed by atoms with Gasteiger partial charge in [-0.2, -0.15) is 5.10 Å². The van der Waals surface area contributed by atoms with Crippen molar-refractivity contribution in [1.82, 2.24) is 35.1 Å². The van der Waals surface area contributed by atoms with Crippen LogP contribution >= 0.6 is 0 Å². The van der Waals surface area contributed by atoms with Crippen LogP contribution < -0.4 is 15.4 Å². The fourth-order valence-electron chi connectivity index (χ4n) is 5.68. The van der Waals surface area contributed by atoms with Crippen molar-refractivity contribution in [3.8, 4) is 11.6 Å². The molecule has 14 nitrogen and oxygen atoms in total. The second-order valence-corrected chi connectivity index (χ2v) is 11.5. The molecule has 2 atom stereocenters. The second kappa shape index (κ2) is 15.1. The number of aromatic nitrogens is 2. The van der Waals surface area contributed by atoms with Gasteiger partial charge < -0.3 is 34.8 Å². The summed E-state index contributed by atoms with van der Waals surface area (Å²) in [6.45, 7) is 1.61. The first-order valence-corrected chi connectivity index (χ1v) is 15.7. The monoisotopic (exact) mass is 641 g/mol. The molecule has 2 saturated heterocycles. The molecule has 0 bridgehead atoms. The molecular formula is C31H40FN7O7. The van der Waals surface area contributed by atoms with Crippen molar-refractivity contribution in [2.24, 2.45) is 0 Å². The van der Waals surface area contributed by atoms with E-state index in [9.17, 15) is 28.4 Å². The van der Waals surface area contributed by atoms with E-state index in [0.717, 1.165) is 19.3 Å². The number of nitrogens with one attached hydrogen (secondary N) is 2. The number of piperazine rings is 1. The van der Waals surface area contributed by atoms with Gasteiger partial charge in [-0.25, -0.2) is 13.9 Å². The van der Waals surface area contributed by atoms with Crippen LogP contribution in [0.1, 0.15) is 49.5 Å². The number of halogens is 1. The van der Waals surface area contributed by atoms with E-state index in [1.807, 2.05) is 0 Å². The fourth-order valence-corrected chi connectivity index (χ4v) is 5.68. The van der Waals surface area contributed by atoms with Gasteiger partial charge in [0.2, 0.25) is 17.7 Å². The lowest BCUT2D eigenvalue weighted by atomic mass is 9.93. The maximum absolute atomic E-state index is 14.1. The molecule has 0 spiro atoms. The van der Waals surface area contributed by atoms with Crippen LogP contribution in [0.25, 0.3) is 5.69 Å². The summed E-state index contributed by atoms with van der Waals surface area (Å²) in [5.41, 5.74) is 0.393. The normalized spacial score (nSPS) is 18.8. The van der Waals surface area contributed by atoms with E-state index in [0.29, 0.717) is 25.1 Å². The van der Waals surface area contributed by atoms with E-state index in [1.54, 1.807) is 37.3 Å². The fraction of sp³-hybridized carbons (Fsp3) is 0.548. The van der Waals surface area contributed by atoms with Gasteiger partial charge in [0.25, 0.3) is 11.8 Å². The number of ether oxygens (including phenoxy) is 2. The predicted molar refractivity (Wildman–Crippen MR) is 162 cm³/mol. The van der Waals surface area contributed by atoms with E-state index < -0.39 is 43.3 Å². The molecule has 248 valence electrons. The number of amides is 5. The van der Waals surface area contributed by atoms with Gasteiger partial charge in [0.05, 0.1) is 12.3 Å². The Morgan fingerprint density at radius 3 is 2.35 bits per heavy atom. The summed E-state index contributed by atoms with van der Waals surface area (Å²) < 4.78 is 26.3. The molecule has 1 saturated carbocycles. The number of rotatable bonds is 11. The number of hydrogen-bond donors (Lipinski definition) is 2. The zero-order valence-electron chi connectivity index (χ0n) is 25.9. The molecule has 5 rings (SSSR count). The van der Waals surface area contributed by atoms with Gasteiger partial charge in [-0.05, 0) is 51.2 Å². The highest BCUT2D eigenvalue weighted by atomic mass is 19.1. The maximum Gasteiger partial charge on any atom is 0.409 e. The number of benzene rings is 1. The summed E-state index contributed by atoms with van der Waals surface area (Å²) in [7, 11) is 0. The van der Waals surface area contributed by atoms with Gasteiger partial charge in [-0.1, -0.05) is 18.2 Å². The zero-order valence-corrected chi connectivity index (χ0v) is 25.9. The largest absolute Gasteiger partial charge is 0.467 e. The molecule has 0 radical (unpaired) electrons. The zero-order chi connectivity index (χ0) is 32.6. The first-order chi connectivity index (χ1) is 22.3. The van der Waals surface area contributed by atoms with Crippen molar-refractivity contribution in [3.63, 3.8) is 0 Å². The topological polar surface area (TPSA) is 155 Å². The summed E-state index contributed by atoms with van der Waals surface area (Å²) in [5.74, 6) is -1.87. The number of nitrogens with zero attached hydrogens (tertiary/aromatic N) is 5. The van der Waals surface area contributed by atoms with Crippen molar-refractivity contribution in [1.29, 1.82) is 0 Å². The predicted octanol–water partition coefficient (Wildman–Crippen LogP) is 1.28.